The third-order valence-corrected chi connectivity index (χ3v) is 1.60. The van der Waals surface area contributed by atoms with E-state index < -0.39 is 0 Å². The lowest BCUT2D eigenvalue weighted by Crippen LogP contribution is -2.20. The number of ether oxygens (including phenoxy) is 3. The summed E-state index contributed by atoms with van der Waals surface area (Å²) in [5.41, 5.74) is 0. The lowest BCUT2D eigenvalue weighted by molar-refractivity contribution is -0.124. The van der Waals surface area contributed by atoms with Crippen molar-refractivity contribution >= 4 is 11.6 Å². The molecule has 0 bridgehead atoms. The van der Waals surface area contributed by atoms with E-state index in [0.29, 0.717) is 19.8 Å². The van der Waals surface area contributed by atoms with E-state index in [2.05, 4.69) is 0 Å². The first-order valence-electron chi connectivity index (χ1n) is 5.28. The molecule has 0 saturated carbocycles. The van der Waals surface area contributed by atoms with Gasteiger partial charge in [0.1, 0.15) is 13.2 Å². The maximum absolute atomic E-state index is 10.6. The van der Waals surface area contributed by atoms with Crippen molar-refractivity contribution in [1.82, 2.24) is 0 Å². The van der Waals surface area contributed by atoms with Crippen LogP contribution in [-0.2, 0) is 23.8 Å². The standard InChI is InChI=1S/C11H20O5/c1-9(12)6-14-4-5-15-8-11(3)16-7-10(2)13/h11H,4-8H2,1-3H3. The van der Waals surface area contributed by atoms with E-state index in [-0.39, 0.29) is 30.9 Å². The largest absolute Gasteiger partial charge is 0.376 e. The molecule has 0 rings (SSSR count). The van der Waals surface area contributed by atoms with Crippen LogP contribution in [0.3, 0.4) is 0 Å². The Bertz CT molecular complexity index is 214. The van der Waals surface area contributed by atoms with Crippen molar-refractivity contribution in [2.45, 2.75) is 26.9 Å². The first kappa shape index (κ1) is 15.2. The Balaban J connectivity index is 3.24. The third kappa shape index (κ3) is 11.3. The van der Waals surface area contributed by atoms with Crippen LogP contribution >= 0.6 is 0 Å². The first-order chi connectivity index (χ1) is 7.52. The van der Waals surface area contributed by atoms with Crippen LogP contribution in [0, 0.1) is 0 Å². The van der Waals surface area contributed by atoms with Crippen LogP contribution in [0.15, 0.2) is 0 Å². The minimum atomic E-state index is -0.114. The van der Waals surface area contributed by atoms with Gasteiger partial charge in [-0.05, 0) is 20.8 Å². The van der Waals surface area contributed by atoms with Crippen LogP contribution in [0.2, 0.25) is 0 Å². The summed E-state index contributed by atoms with van der Waals surface area (Å²) in [6, 6.07) is 0. The second-order valence-electron chi connectivity index (χ2n) is 3.65. The molecule has 0 aromatic heterocycles. The number of carbonyl (C=O) groups is 2. The summed E-state index contributed by atoms with van der Waals surface area (Å²) < 4.78 is 15.4. The Morgan fingerprint density at radius 1 is 1.00 bits per heavy atom. The molecule has 0 N–H and O–H groups in total. The van der Waals surface area contributed by atoms with E-state index in [0.717, 1.165) is 0 Å². The van der Waals surface area contributed by atoms with Gasteiger partial charge in [-0.3, -0.25) is 9.59 Å². The molecule has 16 heavy (non-hydrogen) atoms. The van der Waals surface area contributed by atoms with E-state index in [1.54, 1.807) is 0 Å². The zero-order chi connectivity index (χ0) is 12.4. The molecule has 0 aliphatic heterocycles. The number of Topliss-reactive ketones (excluding diaryl/α,β-unsaturated/α-hetero) is 2. The minimum absolute atomic E-state index is 0.00170. The molecule has 5 nitrogen and oxygen atoms in total. The maximum Gasteiger partial charge on any atom is 0.155 e. The van der Waals surface area contributed by atoms with Gasteiger partial charge < -0.3 is 14.2 Å². The molecular weight excluding hydrogens is 212 g/mol. The van der Waals surface area contributed by atoms with Crippen LogP contribution in [0.1, 0.15) is 20.8 Å². The molecule has 1 unspecified atom stereocenters. The molecule has 0 fully saturated rings. The second-order valence-corrected chi connectivity index (χ2v) is 3.65. The van der Waals surface area contributed by atoms with Crippen LogP contribution in [0.4, 0.5) is 0 Å². The molecule has 0 aromatic carbocycles. The van der Waals surface area contributed by atoms with Gasteiger partial charge in [-0.25, -0.2) is 0 Å². The van der Waals surface area contributed by atoms with Gasteiger partial charge in [0.15, 0.2) is 11.6 Å². The van der Waals surface area contributed by atoms with E-state index in [9.17, 15) is 9.59 Å². The van der Waals surface area contributed by atoms with Gasteiger partial charge in [0.2, 0.25) is 0 Å². The van der Waals surface area contributed by atoms with Crippen molar-refractivity contribution in [1.29, 1.82) is 0 Å². The predicted octanol–water partition coefficient (Wildman–Crippen LogP) is 0.603. The average molecular weight is 232 g/mol. The summed E-state index contributed by atoms with van der Waals surface area (Å²) >= 11 is 0. The Morgan fingerprint density at radius 2 is 1.56 bits per heavy atom. The number of carbonyl (C=O) groups excluding carboxylic acids is 2. The summed E-state index contributed by atoms with van der Waals surface area (Å²) in [4.78, 5) is 21.1. The number of hydrogen-bond acceptors (Lipinski definition) is 5. The molecule has 0 spiro atoms. The van der Waals surface area contributed by atoms with Gasteiger partial charge in [0.05, 0.1) is 25.9 Å². The molecule has 0 aliphatic carbocycles. The molecule has 0 heterocycles. The summed E-state index contributed by atoms with van der Waals surface area (Å²) in [5, 5.41) is 0. The summed E-state index contributed by atoms with van der Waals surface area (Å²) in [6.07, 6.45) is -0.114. The lowest BCUT2D eigenvalue weighted by Gasteiger charge is -2.12. The van der Waals surface area contributed by atoms with Crippen molar-refractivity contribution < 1.29 is 23.8 Å². The van der Waals surface area contributed by atoms with Crippen molar-refractivity contribution in [3.05, 3.63) is 0 Å². The lowest BCUT2D eigenvalue weighted by atomic mass is 10.4. The van der Waals surface area contributed by atoms with Crippen LogP contribution in [-0.4, -0.2) is 50.7 Å². The number of ketones is 2. The molecule has 0 radical (unpaired) electrons. The molecule has 1 atom stereocenters. The monoisotopic (exact) mass is 232 g/mol. The SMILES string of the molecule is CC(=O)COCCOCC(C)OCC(C)=O. The van der Waals surface area contributed by atoms with E-state index in [1.165, 1.54) is 13.8 Å². The molecule has 0 aliphatic rings. The molecule has 94 valence electrons. The summed E-state index contributed by atoms with van der Waals surface area (Å²) in [7, 11) is 0. The average Bonchev–Trinajstić information content (AvgIpc) is 2.19. The van der Waals surface area contributed by atoms with E-state index >= 15 is 0 Å². The third-order valence-electron chi connectivity index (χ3n) is 1.60. The predicted molar refractivity (Wildman–Crippen MR) is 58.4 cm³/mol. The van der Waals surface area contributed by atoms with Gasteiger partial charge in [-0.2, -0.15) is 0 Å². The van der Waals surface area contributed by atoms with Crippen molar-refractivity contribution in [2.75, 3.05) is 33.0 Å². The van der Waals surface area contributed by atoms with Gasteiger partial charge >= 0.3 is 0 Å². The van der Waals surface area contributed by atoms with Crippen molar-refractivity contribution in [2.24, 2.45) is 0 Å². The Morgan fingerprint density at radius 3 is 2.12 bits per heavy atom. The fourth-order valence-corrected chi connectivity index (χ4v) is 0.891. The topological polar surface area (TPSA) is 61.8 Å². The van der Waals surface area contributed by atoms with E-state index in [4.69, 9.17) is 14.2 Å². The zero-order valence-electron chi connectivity index (χ0n) is 10.2. The van der Waals surface area contributed by atoms with Crippen LogP contribution in [0.5, 0.6) is 0 Å². The Hall–Kier alpha value is -0.780. The number of hydrogen-bond donors (Lipinski definition) is 0. The maximum atomic E-state index is 10.6. The fourth-order valence-electron chi connectivity index (χ4n) is 0.891. The van der Waals surface area contributed by atoms with Crippen LogP contribution < -0.4 is 0 Å². The molecule has 0 saturated heterocycles. The highest BCUT2D eigenvalue weighted by Crippen LogP contribution is 1.92. The molecule has 0 aromatic rings. The van der Waals surface area contributed by atoms with Gasteiger partial charge in [0, 0.05) is 0 Å². The highest BCUT2D eigenvalue weighted by atomic mass is 16.5. The van der Waals surface area contributed by atoms with Gasteiger partial charge in [0.25, 0.3) is 0 Å². The Labute approximate surface area is 96.1 Å². The summed E-state index contributed by atoms with van der Waals surface area (Å²) in [6.45, 7) is 6.24. The normalized spacial score (nSPS) is 12.4. The number of rotatable bonds is 10. The smallest absolute Gasteiger partial charge is 0.155 e. The van der Waals surface area contributed by atoms with Crippen LogP contribution in [0.25, 0.3) is 0 Å². The van der Waals surface area contributed by atoms with Crippen molar-refractivity contribution in [3.63, 3.8) is 0 Å². The zero-order valence-corrected chi connectivity index (χ0v) is 10.2. The summed E-state index contributed by atoms with van der Waals surface area (Å²) in [5.74, 6) is -0.00481. The molecular formula is C11H20O5. The van der Waals surface area contributed by atoms with Gasteiger partial charge in [-0.15, -0.1) is 0 Å². The highest BCUT2D eigenvalue weighted by molar-refractivity contribution is 5.76. The molecule has 0 amide bonds. The highest BCUT2D eigenvalue weighted by Gasteiger charge is 2.03. The van der Waals surface area contributed by atoms with E-state index in [1.807, 2.05) is 6.92 Å². The Kier molecular flexibility index (Phi) is 8.99. The molecule has 5 heteroatoms. The second kappa shape index (κ2) is 9.45. The van der Waals surface area contributed by atoms with Gasteiger partial charge in [-0.1, -0.05) is 0 Å². The minimum Gasteiger partial charge on any atom is -0.376 e. The fraction of sp³-hybridized carbons (Fsp3) is 0.818. The first-order valence-corrected chi connectivity index (χ1v) is 5.28. The van der Waals surface area contributed by atoms with Crippen molar-refractivity contribution in [3.8, 4) is 0 Å². The quantitative estimate of drug-likeness (QED) is 0.516.